The molecule has 0 radical (unpaired) electrons. The van der Waals surface area contributed by atoms with Crippen molar-refractivity contribution < 1.29 is 0 Å². The zero-order valence-corrected chi connectivity index (χ0v) is 11.7. The van der Waals surface area contributed by atoms with Crippen LogP contribution >= 0.6 is 35.0 Å². The van der Waals surface area contributed by atoms with E-state index in [4.69, 9.17) is 28.9 Å². The molecule has 1 aromatic heterocycles. The number of hydrogen-bond donors (Lipinski definition) is 1. The van der Waals surface area contributed by atoms with Crippen molar-refractivity contribution in [2.45, 2.75) is 17.5 Å². The van der Waals surface area contributed by atoms with Gasteiger partial charge in [-0.3, -0.25) is 0 Å². The Kier molecular flexibility index (Phi) is 4.82. The van der Waals surface area contributed by atoms with E-state index in [1.807, 2.05) is 12.1 Å². The van der Waals surface area contributed by atoms with Gasteiger partial charge in [-0.1, -0.05) is 41.0 Å². The predicted molar refractivity (Wildman–Crippen MR) is 72.9 cm³/mol. The van der Waals surface area contributed by atoms with Gasteiger partial charge in [-0.15, -0.1) is 5.10 Å². The highest BCUT2D eigenvalue weighted by molar-refractivity contribution is 7.98. The fourth-order valence-electron chi connectivity index (χ4n) is 1.34. The van der Waals surface area contributed by atoms with Crippen LogP contribution in [0.3, 0.4) is 0 Å². The lowest BCUT2D eigenvalue weighted by Crippen LogP contribution is -2.12. The Bertz CT molecular complexity index is 531. The summed E-state index contributed by atoms with van der Waals surface area (Å²) in [6, 6.07) is 5.55. The number of hydrogen-bond acceptors (Lipinski definition) is 5. The minimum atomic E-state index is 0.505. The zero-order valence-electron chi connectivity index (χ0n) is 9.38. The quantitative estimate of drug-likeness (QED) is 0.858. The van der Waals surface area contributed by atoms with Crippen LogP contribution in [0.5, 0.6) is 0 Å². The normalized spacial score (nSPS) is 10.8. The summed E-state index contributed by atoms with van der Waals surface area (Å²) in [5.74, 6) is 0.724. The van der Waals surface area contributed by atoms with Gasteiger partial charge in [0.25, 0.3) is 0 Å². The van der Waals surface area contributed by atoms with Crippen molar-refractivity contribution >= 4 is 35.0 Å². The minimum Gasteiger partial charge on any atom is -0.329 e. The van der Waals surface area contributed by atoms with E-state index in [0.29, 0.717) is 23.1 Å². The van der Waals surface area contributed by atoms with E-state index in [1.54, 1.807) is 10.7 Å². The number of nitrogens with zero attached hydrogens (tertiary/aromatic N) is 4. The molecule has 18 heavy (non-hydrogen) atoms. The third-order valence-electron chi connectivity index (χ3n) is 2.19. The van der Waals surface area contributed by atoms with Gasteiger partial charge in [-0.05, 0) is 28.1 Å². The second-order valence-corrected chi connectivity index (χ2v) is 5.27. The number of nitrogens with two attached hydrogens (primary N) is 1. The molecule has 0 aliphatic rings. The summed E-state index contributed by atoms with van der Waals surface area (Å²) in [4.78, 5) is 0. The number of benzene rings is 1. The molecule has 0 saturated heterocycles. The monoisotopic (exact) mass is 303 g/mol. The standard InChI is InChI=1S/C10H11Cl2N5S/c11-8-2-1-7(5-9(8)12)6-18-10-14-15-16-17(10)4-3-13/h1-2,5H,3-4,6,13H2. The van der Waals surface area contributed by atoms with Crippen LogP contribution in [0.2, 0.25) is 10.0 Å². The van der Waals surface area contributed by atoms with Crippen molar-refractivity contribution in [2.75, 3.05) is 6.54 Å². The molecular formula is C10H11Cl2N5S. The number of halogens is 2. The maximum Gasteiger partial charge on any atom is 0.209 e. The molecule has 0 aliphatic heterocycles. The first-order valence-electron chi connectivity index (χ1n) is 5.23. The molecule has 0 amide bonds. The van der Waals surface area contributed by atoms with Gasteiger partial charge in [0.05, 0.1) is 16.6 Å². The van der Waals surface area contributed by atoms with Crippen LogP contribution in [0.1, 0.15) is 5.56 Å². The van der Waals surface area contributed by atoms with Crippen molar-refractivity contribution in [3.05, 3.63) is 33.8 Å². The maximum atomic E-state index is 5.95. The summed E-state index contributed by atoms with van der Waals surface area (Å²) in [6.07, 6.45) is 0. The second kappa shape index (κ2) is 6.38. The number of rotatable bonds is 5. The Balaban J connectivity index is 2.02. The van der Waals surface area contributed by atoms with Gasteiger partial charge in [-0.25, -0.2) is 4.68 Å². The Morgan fingerprint density at radius 2 is 2.11 bits per heavy atom. The fourth-order valence-corrected chi connectivity index (χ4v) is 2.51. The van der Waals surface area contributed by atoms with E-state index in [0.717, 1.165) is 16.5 Å². The molecule has 0 unspecified atom stereocenters. The molecule has 2 N–H and O–H groups in total. The molecule has 0 saturated carbocycles. The van der Waals surface area contributed by atoms with E-state index >= 15 is 0 Å². The molecular weight excluding hydrogens is 293 g/mol. The van der Waals surface area contributed by atoms with Gasteiger partial charge < -0.3 is 5.73 Å². The zero-order chi connectivity index (χ0) is 13.0. The van der Waals surface area contributed by atoms with Gasteiger partial charge in [0.15, 0.2) is 0 Å². The first kappa shape index (κ1) is 13.6. The molecule has 0 aliphatic carbocycles. The summed E-state index contributed by atoms with van der Waals surface area (Å²) >= 11 is 13.3. The van der Waals surface area contributed by atoms with Crippen LogP contribution in [0.25, 0.3) is 0 Å². The number of tetrazole rings is 1. The summed E-state index contributed by atoms with van der Waals surface area (Å²) in [7, 11) is 0. The first-order valence-corrected chi connectivity index (χ1v) is 6.98. The highest BCUT2D eigenvalue weighted by Crippen LogP contribution is 2.26. The van der Waals surface area contributed by atoms with Crippen molar-refractivity contribution in [1.82, 2.24) is 20.2 Å². The fraction of sp³-hybridized carbons (Fsp3) is 0.300. The smallest absolute Gasteiger partial charge is 0.209 e. The third kappa shape index (κ3) is 3.35. The largest absolute Gasteiger partial charge is 0.329 e. The molecule has 2 rings (SSSR count). The van der Waals surface area contributed by atoms with E-state index in [1.165, 1.54) is 11.8 Å². The van der Waals surface area contributed by atoms with Crippen LogP contribution < -0.4 is 5.73 Å². The second-order valence-electron chi connectivity index (χ2n) is 3.51. The van der Waals surface area contributed by atoms with Crippen molar-refractivity contribution in [2.24, 2.45) is 5.73 Å². The van der Waals surface area contributed by atoms with Gasteiger partial charge in [0.1, 0.15) is 0 Å². The Morgan fingerprint density at radius 1 is 1.28 bits per heavy atom. The highest BCUT2D eigenvalue weighted by Gasteiger charge is 2.07. The lowest BCUT2D eigenvalue weighted by Gasteiger charge is -2.04. The highest BCUT2D eigenvalue weighted by atomic mass is 35.5. The predicted octanol–water partition coefficient (Wildman–Crippen LogP) is 2.23. The number of aromatic nitrogens is 4. The molecule has 1 heterocycles. The van der Waals surface area contributed by atoms with Crippen LogP contribution in [0, 0.1) is 0 Å². The lowest BCUT2D eigenvalue weighted by molar-refractivity contribution is 0.557. The van der Waals surface area contributed by atoms with Crippen LogP contribution in [-0.2, 0) is 12.3 Å². The van der Waals surface area contributed by atoms with Crippen molar-refractivity contribution in [1.29, 1.82) is 0 Å². The van der Waals surface area contributed by atoms with Gasteiger partial charge in [0.2, 0.25) is 5.16 Å². The van der Waals surface area contributed by atoms with Crippen LogP contribution in [0.4, 0.5) is 0 Å². The van der Waals surface area contributed by atoms with Crippen molar-refractivity contribution in [3.8, 4) is 0 Å². The average Bonchev–Trinajstić information content (AvgIpc) is 2.79. The molecule has 8 heteroatoms. The molecule has 96 valence electrons. The molecule has 2 aromatic rings. The summed E-state index contributed by atoms with van der Waals surface area (Å²) in [6.45, 7) is 1.11. The molecule has 0 fully saturated rings. The average molecular weight is 304 g/mol. The molecule has 1 aromatic carbocycles. The summed E-state index contributed by atoms with van der Waals surface area (Å²) < 4.78 is 1.68. The minimum absolute atomic E-state index is 0.505. The van der Waals surface area contributed by atoms with Gasteiger partial charge in [0, 0.05) is 12.3 Å². The molecule has 0 spiro atoms. The van der Waals surface area contributed by atoms with E-state index < -0.39 is 0 Å². The van der Waals surface area contributed by atoms with Crippen LogP contribution in [0.15, 0.2) is 23.4 Å². The van der Waals surface area contributed by atoms with E-state index in [2.05, 4.69) is 15.5 Å². The summed E-state index contributed by atoms with van der Waals surface area (Å²) in [5, 5.41) is 13.3. The third-order valence-corrected chi connectivity index (χ3v) is 3.96. The Morgan fingerprint density at radius 3 is 2.83 bits per heavy atom. The Hall–Kier alpha value is -0.820. The van der Waals surface area contributed by atoms with Gasteiger partial charge in [-0.2, -0.15) is 0 Å². The molecule has 0 bridgehead atoms. The number of thioether (sulfide) groups is 1. The van der Waals surface area contributed by atoms with Gasteiger partial charge >= 0.3 is 0 Å². The molecule has 5 nitrogen and oxygen atoms in total. The molecule has 0 atom stereocenters. The Labute approximate surface area is 119 Å². The van der Waals surface area contributed by atoms with Crippen LogP contribution in [-0.4, -0.2) is 26.8 Å². The topological polar surface area (TPSA) is 69.6 Å². The first-order chi connectivity index (χ1) is 8.70. The van der Waals surface area contributed by atoms with E-state index in [9.17, 15) is 0 Å². The summed E-state index contributed by atoms with van der Waals surface area (Å²) in [5.41, 5.74) is 6.54. The maximum absolute atomic E-state index is 5.95. The van der Waals surface area contributed by atoms with E-state index in [-0.39, 0.29) is 0 Å². The SMILES string of the molecule is NCCn1nnnc1SCc1ccc(Cl)c(Cl)c1. The lowest BCUT2D eigenvalue weighted by atomic mass is 10.2. The van der Waals surface area contributed by atoms with Crippen molar-refractivity contribution in [3.63, 3.8) is 0 Å².